The maximum absolute atomic E-state index is 13.0. The number of fused-ring (bicyclic) bond motifs is 1. The highest BCUT2D eigenvalue weighted by Gasteiger charge is 2.20. The lowest BCUT2D eigenvalue weighted by molar-refractivity contribution is -0.384. The predicted molar refractivity (Wildman–Crippen MR) is 129 cm³/mol. The van der Waals surface area contributed by atoms with E-state index in [1.165, 1.54) is 22.7 Å². The second kappa shape index (κ2) is 8.49. The van der Waals surface area contributed by atoms with Gasteiger partial charge in [0.1, 0.15) is 5.75 Å². The molecule has 0 saturated carbocycles. The van der Waals surface area contributed by atoms with Crippen LogP contribution in [-0.2, 0) is 6.42 Å². The van der Waals surface area contributed by atoms with Crippen LogP contribution in [0.5, 0.6) is 5.75 Å². The maximum atomic E-state index is 13.0. The minimum Gasteiger partial charge on any atom is -0.507 e. The monoisotopic (exact) mass is 472 g/mol. The van der Waals surface area contributed by atoms with Crippen molar-refractivity contribution in [2.45, 2.75) is 6.42 Å². The molecule has 3 aromatic carbocycles. The third-order valence-electron chi connectivity index (χ3n) is 5.52. The van der Waals surface area contributed by atoms with Gasteiger partial charge in [-0.25, -0.2) is 9.50 Å². The quantitative estimate of drug-likeness (QED) is 0.269. The van der Waals surface area contributed by atoms with Gasteiger partial charge >= 0.3 is 0 Å². The third kappa shape index (κ3) is 3.91. The Hall–Kier alpha value is -4.43. The van der Waals surface area contributed by atoms with Crippen molar-refractivity contribution < 1.29 is 10.0 Å². The molecule has 0 fully saturated rings. The number of aromatic hydroxyl groups is 1. The highest BCUT2D eigenvalue weighted by atomic mass is 35.5. The molecule has 34 heavy (non-hydrogen) atoms. The summed E-state index contributed by atoms with van der Waals surface area (Å²) in [6.07, 6.45) is 0.527. The number of hydrogen-bond acceptors (Lipinski definition) is 5. The first-order valence-corrected chi connectivity index (χ1v) is 10.7. The molecule has 0 aliphatic carbocycles. The van der Waals surface area contributed by atoms with Crippen LogP contribution in [0.4, 0.5) is 5.69 Å². The zero-order valence-electron chi connectivity index (χ0n) is 17.6. The van der Waals surface area contributed by atoms with Crippen LogP contribution >= 0.6 is 11.6 Å². The molecule has 0 saturated heterocycles. The average molecular weight is 473 g/mol. The fourth-order valence-electron chi connectivity index (χ4n) is 3.92. The van der Waals surface area contributed by atoms with Gasteiger partial charge < -0.3 is 5.11 Å². The second-order valence-corrected chi connectivity index (χ2v) is 8.17. The summed E-state index contributed by atoms with van der Waals surface area (Å²) >= 11 is 6.09. The Morgan fingerprint density at radius 3 is 2.44 bits per heavy atom. The van der Waals surface area contributed by atoms with Crippen molar-refractivity contribution in [3.05, 3.63) is 116 Å². The topological polar surface area (TPSA) is 114 Å². The molecule has 0 unspecified atom stereocenters. The van der Waals surface area contributed by atoms with Crippen LogP contribution in [0.15, 0.2) is 83.7 Å². The zero-order chi connectivity index (χ0) is 23.8. The van der Waals surface area contributed by atoms with Gasteiger partial charge in [0, 0.05) is 40.4 Å². The third-order valence-corrected chi connectivity index (χ3v) is 5.77. The Kier molecular flexibility index (Phi) is 5.35. The summed E-state index contributed by atoms with van der Waals surface area (Å²) in [6.45, 7) is 0. The lowest BCUT2D eigenvalue weighted by Gasteiger charge is -2.06. The molecule has 2 N–H and O–H groups in total. The fourth-order valence-corrected chi connectivity index (χ4v) is 4.05. The molecule has 168 valence electrons. The van der Waals surface area contributed by atoms with Crippen molar-refractivity contribution >= 4 is 22.9 Å². The number of benzene rings is 3. The van der Waals surface area contributed by atoms with Crippen LogP contribution in [0.1, 0.15) is 11.3 Å². The second-order valence-electron chi connectivity index (χ2n) is 7.73. The average Bonchev–Trinajstić information content (AvgIpc) is 3.18. The molecule has 0 radical (unpaired) electrons. The van der Waals surface area contributed by atoms with Gasteiger partial charge in [0.2, 0.25) is 0 Å². The highest BCUT2D eigenvalue weighted by molar-refractivity contribution is 6.30. The van der Waals surface area contributed by atoms with Crippen molar-refractivity contribution in [2.24, 2.45) is 0 Å². The lowest BCUT2D eigenvalue weighted by atomic mass is 10.0. The van der Waals surface area contributed by atoms with E-state index < -0.39 is 4.92 Å². The number of phenols is 1. The Labute approximate surface area is 197 Å². The van der Waals surface area contributed by atoms with Gasteiger partial charge in [0.15, 0.2) is 5.65 Å². The first-order chi connectivity index (χ1) is 16.4. The molecule has 5 rings (SSSR count). The number of H-pyrrole nitrogens is 1. The van der Waals surface area contributed by atoms with E-state index in [2.05, 4.69) is 10.1 Å². The molecule has 0 amide bonds. The zero-order valence-corrected chi connectivity index (χ0v) is 18.4. The summed E-state index contributed by atoms with van der Waals surface area (Å²) in [5, 5.41) is 25.2. The number of rotatable bonds is 5. The fraction of sp³-hybridized carbons (Fsp3) is 0.0400. The Balaban J connectivity index is 1.74. The first-order valence-electron chi connectivity index (χ1n) is 10.3. The number of nitro groups is 1. The predicted octanol–water partition coefficient (Wildman–Crippen LogP) is 5.21. The standard InChI is InChI=1S/C25H17ClN4O4/c26-17-8-6-16(7-9-17)24-21(12-15-4-2-1-3-5-15)28-29-23(32)14-20(27-25(24)29)19-11-10-18(30(33)34)13-22(19)31/h1-11,13-14,28,31H,12H2. The minimum absolute atomic E-state index is 0.206. The number of aromatic amines is 1. The van der Waals surface area contributed by atoms with Crippen LogP contribution < -0.4 is 5.56 Å². The molecule has 0 spiro atoms. The maximum Gasteiger partial charge on any atom is 0.273 e. The van der Waals surface area contributed by atoms with Gasteiger partial charge in [-0.3, -0.25) is 20.0 Å². The van der Waals surface area contributed by atoms with Crippen LogP contribution in [0.3, 0.4) is 0 Å². The highest BCUT2D eigenvalue weighted by Crippen LogP contribution is 2.34. The summed E-state index contributed by atoms with van der Waals surface area (Å²) in [5.41, 5.74) is 3.52. The van der Waals surface area contributed by atoms with Gasteiger partial charge in [-0.15, -0.1) is 0 Å². The Morgan fingerprint density at radius 1 is 1.03 bits per heavy atom. The van der Waals surface area contributed by atoms with E-state index in [-0.39, 0.29) is 28.3 Å². The van der Waals surface area contributed by atoms with E-state index in [0.717, 1.165) is 28.5 Å². The molecule has 2 heterocycles. The number of aromatic nitrogens is 3. The summed E-state index contributed by atoms with van der Waals surface area (Å²) < 4.78 is 1.36. The van der Waals surface area contributed by atoms with Gasteiger partial charge in [-0.2, -0.15) is 0 Å². The van der Waals surface area contributed by atoms with Gasteiger partial charge in [0.25, 0.3) is 11.2 Å². The number of nitrogens with zero attached hydrogens (tertiary/aromatic N) is 3. The number of hydrogen-bond donors (Lipinski definition) is 2. The van der Waals surface area contributed by atoms with Gasteiger partial charge in [0.05, 0.1) is 16.7 Å². The van der Waals surface area contributed by atoms with E-state index in [0.29, 0.717) is 17.1 Å². The van der Waals surface area contributed by atoms with Crippen LogP contribution in [-0.4, -0.2) is 24.6 Å². The SMILES string of the molecule is O=c1cc(-c2ccc([N+](=O)[O-])cc2O)nc2c(-c3ccc(Cl)cc3)c(Cc3ccccc3)[nH]n12. The van der Waals surface area contributed by atoms with Crippen molar-refractivity contribution in [1.29, 1.82) is 0 Å². The van der Waals surface area contributed by atoms with E-state index in [4.69, 9.17) is 11.6 Å². The number of non-ortho nitro benzene ring substituents is 1. The lowest BCUT2D eigenvalue weighted by Crippen LogP contribution is -2.14. The largest absolute Gasteiger partial charge is 0.507 e. The molecular formula is C25H17ClN4O4. The number of nitro benzene ring substituents is 1. The molecule has 5 aromatic rings. The summed E-state index contributed by atoms with van der Waals surface area (Å²) in [4.78, 5) is 28.1. The smallest absolute Gasteiger partial charge is 0.273 e. The summed E-state index contributed by atoms with van der Waals surface area (Å²) in [5.74, 6) is -0.335. The van der Waals surface area contributed by atoms with E-state index in [1.807, 2.05) is 42.5 Å². The molecule has 2 aromatic heterocycles. The van der Waals surface area contributed by atoms with Crippen LogP contribution in [0.2, 0.25) is 5.02 Å². The van der Waals surface area contributed by atoms with Crippen molar-refractivity contribution in [3.63, 3.8) is 0 Å². The molecule has 9 heteroatoms. The molecule has 0 aliphatic rings. The number of halogens is 1. The van der Waals surface area contributed by atoms with Gasteiger partial charge in [-0.05, 0) is 29.3 Å². The van der Waals surface area contributed by atoms with E-state index >= 15 is 0 Å². The van der Waals surface area contributed by atoms with E-state index in [9.17, 15) is 20.0 Å². The van der Waals surface area contributed by atoms with Crippen LogP contribution in [0.25, 0.3) is 28.0 Å². The van der Waals surface area contributed by atoms with Crippen molar-refractivity contribution in [2.75, 3.05) is 0 Å². The summed E-state index contributed by atoms with van der Waals surface area (Å²) in [6, 6.07) is 22.0. The molecule has 0 aliphatic heterocycles. The molecule has 0 atom stereocenters. The molecule has 8 nitrogen and oxygen atoms in total. The Morgan fingerprint density at radius 2 is 1.76 bits per heavy atom. The van der Waals surface area contributed by atoms with Crippen molar-refractivity contribution in [1.82, 2.24) is 14.6 Å². The summed E-state index contributed by atoms with van der Waals surface area (Å²) in [7, 11) is 0. The minimum atomic E-state index is -0.602. The molecular weight excluding hydrogens is 456 g/mol. The van der Waals surface area contributed by atoms with Crippen LogP contribution in [0, 0.1) is 10.1 Å². The normalized spacial score (nSPS) is 11.1. The Bertz CT molecular complexity index is 1590. The van der Waals surface area contributed by atoms with Crippen molar-refractivity contribution in [3.8, 4) is 28.1 Å². The first kappa shape index (κ1) is 21.4. The number of nitrogens with one attached hydrogen (secondary N) is 1. The van der Waals surface area contributed by atoms with Gasteiger partial charge in [-0.1, -0.05) is 54.1 Å². The number of phenolic OH excluding ortho intramolecular Hbond substituents is 1. The van der Waals surface area contributed by atoms with E-state index in [1.54, 1.807) is 12.1 Å². The molecule has 0 bridgehead atoms.